The van der Waals surface area contributed by atoms with Gasteiger partial charge in [-0.1, -0.05) is 13.0 Å². The Morgan fingerprint density at radius 1 is 1.53 bits per heavy atom. The molecule has 0 aromatic carbocycles. The zero-order chi connectivity index (χ0) is 11.3. The first-order chi connectivity index (χ1) is 7.13. The molecule has 0 aromatic heterocycles. The van der Waals surface area contributed by atoms with Crippen LogP contribution < -0.4 is 5.32 Å². The second-order valence-electron chi connectivity index (χ2n) is 4.40. The number of rotatable bonds is 4. The summed E-state index contributed by atoms with van der Waals surface area (Å²) in [6.45, 7) is 4.83. The normalized spacial score (nSPS) is 26.7. The highest BCUT2D eigenvalue weighted by atomic mass is 16.5. The summed E-state index contributed by atoms with van der Waals surface area (Å²) in [5.74, 6) is 0.602. The lowest BCUT2D eigenvalue weighted by Crippen LogP contribution is -2.26. The summed E-state index contributed by atoms with van der Waals surface area (Å²) in [5.41, 5.74) is 0.677. The summed E-state index contributed by atoms with van der Waals surface area (Å²) in [4.78, 5) is 11.1. The second kappa shape index (κ2) is 5.91. The molecule has 1 saturated carbocycles. The van der Waals surface area contributed by atoms with Gasteiger partial charge in [-0.15, -0.1) is 0 Å². The van der Waals surface area contributed by atoms with E-state index in [-0.39, 0.29) is 5.97 Å². The van der Waals surface area contributed by atoms with Crippen LogP contribution in [0.3, 0.4) is 0 Å². The molecule has 1 rings (SSSR count). The number of carbonyl (C=O) groups is 1. The number of carbonyl (C=O) groups excluding carboxylic acids is 1. The van der Waals surface area contributed by atoms with Gasteiger partial charge in [-0.3, -0.25) is 0 Å². The maximum atomic E-state index is 11.1. The minimum Gasteiger partial charge on any atom is -0.466 e. The first-order valence-electron chi connectivity index (χ1n) is 5.62. The molecule has 15 heavy (non-hydrogen) atoms. The van der Waals surface area contributed by atoms with Crippen molar-refractivity contribution in [2.45, 2.75) is 39.2 Å². The standard InChI is InChI=1S/C12H21NO2/c1-9-4-5-11(8-9)13-7-6-10(2)12(14)15-3/h6,9,11,13H,4-5,7-8H2,1-3H3. The summed E-state index contributed by atoms with van der Waals surface area (Å²) in [6, 6.07) is 0.627. The molecule has 0 aliphatic heterocycles. The van der Waals surface area contributed by atoms with E-state index in [9.17, 15) is 4.79 Å². The molecule has 0 bridgehead atoms. The van der Waals surface area contributed by atoms with E-state index in [0.29, 0.717) is 11.6 Å². The number of methoxy groups -OCH3 is 1. The van der Waals surface area contributed by atoms with Gasteiger partial charge in [0.25, 0.3) is 0 Å². The summed E-state index contributed by atoms with van der Waals surface area (Å²) < 4.78 is 4.62. The third-order valence-electron chi connectivity index (χ3n) is 3.02. The number of esters is 1. The Kier molecular flexibility index (Phi) is 4.82. The lowest BCUT2D eigenvalue weighted by molar-refractivity contribution is -0.136. The van der Waals surface area contributed by atoms with Gasteiger partial charge in [-0.05, 0) is 32.1 Å². The van der Waals surface area contributed by atoms with E-state index in [0.717, 1.165) is 12.5 Å². The van der Waals surface area contributed by atoms with Crippen LogP contribution in [0.4, 0.5) is 0 Å². The molecule has 86 valence electrons. The Balaban J connectivity index is 2.23. The van der Waals surface area contributed by atoms with Gasteiger partial charge in [-0.2, -0.15) is 0 Å². The van der Waals surface area contributed by atoms with E-state index in [1.165, 1.54) is 26.4 Å². The van der Waals surface area contributed by atoms with Gasteiger partial charge < -0.3 is 10.1 Å². The summed E-state index contributed by atoms with van der Waals surface area (Å²) in [7, 11) is 1.41. The fraction of sp³-hybridized carbons (Fsp3) is 0.750. The molecule has 2 atom stereocenters. The van der Waals surface area contributed by atoms with Crippen LogP contribution in [-0.2, 0) is 9.53 Å². The van der Waals surface area contributed by atoms with Gasteiger partial charge in [-0.25, -0.2) is 4.79 Å². The van der Waals surface area contributed by atoms with Gasteiger partial charge in [0.05, 0.1) is 7.11 Å². The molecule has 2 unspecified atom stereocenters. The minimum atomic E-state index is -0.239. The van der Waals surface area contributed by atoms with Crippen LogP contribution >= 0.6 is 0 Å². The largest absolute Gasteiger partial charge is 0.466 e. The Hall–Kier alpha value is -0.830. The van der Waals surface area contributed by atoms with Gasteiger partial charge in [0.2, 0.25) is 0 Å². The molecular weight excluding hydrogens is 190 g/mol. The van der Waals surface area contributed by atoms with E-state index < -0.39 is 0 Å². The molecule has 0 saturated heterocycles. The van der Waals surface area contributed by atoms with Gasteiger partial charge in [0, 0.05) is 18.2 Å². The fourth-order valence-corrected chi connectivity index (χ4v) is 2.02. The van der Waals surface area contributed by atoms with Crippen LogP contribution in [0.5, 0.6) is 0 Å². The van der Waals surface area contributed by atoms with Crippen LogP contribution in [0.2, 0.25) is 0 Å². The second-order valence-corrected chi connectivity index (χ2v) is 4.40. The van der Waals surface area contributed by atoms with Gasteiger partial charge in [0.15, 0.2) is 0 Å². The number of hydrogen-bond donors (Lipinski definition) is 1. The van der Waals surface area contributed by atoms with Crippen LogP contribution in [0.25, 0.3) is 0 Å². The SMILES string of the molecule is COC(=O)C(C)=CCNC1CCC(C)C1. The molecule has 3 nitrogen and oxygen atoms in total. The summed E-state index contributed by atoms with van der Waals surface area (Å²) in [6.07, 6.45) is 5.73. The predicted molar refractivity (Wildman–Crippen MR) is 60.6 cm³/mol. The lowest BCUT2D eigenvalue weighted by Gasteiger charge is -2.10. The number of hydrogen-bond acceptors (Lipinski definition) is 3. The van der Waals surface area contributed by atoms with E-state index in [1.807, 2.05) is 6.08 Å². The van der Waals surface area contributed by atoms with Crippen molar-refractivity contribution < 1.29 is 9.53 Å². The molecule has 1 fully saturated rings. The van der Waals surface area contributed by atoms with E-state index in [4.69, 9.17) is 0 Å². The predicted octanol–water partition coefficient (Wildman–Crippen LogP) is 1.88. The third kappa shape index (κ3) is 4.04. The average molecular weight is 211 g/mol. The topological polar surface area (TPSA) is 38.3 Å². The number of nitrogens with one attached hydrogen (secondary N) is 1. The number of ether oxygens (including phenoxy) is 1. The zero-order valence-corrected chi connectivity index (χ0v) is 9.88. The molecule has 0 heterocycles. The first-order valence-corrected chi connectivity index (χ1v) is 5.62. The van der Waals surface area contributed by atoms with E-state index in [1.54, 1.807) is 6.92 Å². The Morgan fingerprint density at radius 2 is 2.27 bits per heavy atom. The Labute approximate surface area is 91.9 Å². The minimum absolute atomic E-state index is 0.239. The highest BCUT2D eigenvalue weighted by molar-refractivity contribution is 5.87. The van der Waals surface area contributed by atoms with Crippen molar-refractivity contribution in [3.63, 3.8) is 0 Å². The van der Waals surface area contributed by atoms with Crippen molar-refractivity contribution in [3.8, 4) is 0 Å². The van der Waals surface area contributed by atoms with Gasteiger partial charge in [0.1, 0.15) is 0 Å². The van der Waals surface area contributed by atoms with E-state index >= 15 is 0 Å². The lowest BCUT2D eigenvalue weighted by atomic mass is 10.1. The molecule has 1 aliphatic carbocycles. The molecule has 1 aliphatic rings. The quantitative estimate of drug-likeness (QED) is 0.570. The molecule has 3 heteroatoms. The smallest absolute Gasteiger partial charge is 0.333 e. The fourth-order valence-electron chi connectivity index (χ4n) is 2.02. The van der Waals surface area contributed by atoms with Crippen molar-refractivity contribution in [2.24, 2.45) is 5.92 Å². The molecule has 0 spiro atoms. The van der Waals surface area contributed by atoms with Crippen LogP contribution in [0.1, 0.15) is 33.1 Å². The van der Waals surface area contributed by atoms with Crippen molar-refractivity contribution in [3.05, 3.63) is 11.6 Å². The summed E-state index contributed by atoms with van der Waals surface area (Å²) >= 11 is 0. The summed E-state index contributed by atoms with van der Waals surface area (Å²) in [5, 5.41) is 3.44. The molecule has 0 radical (unpaired) electrons. The van der Waals surface area contributed by atoms with E-state index in [2.05, 4.69) is 17.0 Å². The highest BCUT2D eigenvalue weighted by Crippen LogP contribution is 2.24. The zero-order valence-electron chi connectivity index (χ0n) is 9.88. The third-order valence-corrected chi connectivity index (χ3v) is 3.02. The van der Waals surface area contributed by atoms with Crippen molar-refractivity contribution >= 4 is 5.97 Å². The van der Waals surface area contributed by atoms with Crippen LogP contribution in [-0.4, -0.2) is 25.7 Å². The maximum absolute atomic E-state index is 11.1. The first kappa shape index (κ1) is 12.2. The van der Waals surface area contributed by atoms with Crippen LogP contribution in [0.15, 0.2) is 11.6 Å². The van der Waals surface area contributed by atoms with Crippen LogP contribution in [0, 0.1) is 5.92 Å². The molecule has 0 amide bonds. The Bertz CT molecular complexity index is 248. The molecule has 0 aromatic rings. The van der Waals surface area contributed by atoms with Crippen molar-refractivity contribution in [1.82, 2.24) is 5.32 Å². The van der Waals surface area contributed by atoms with Crippen molar-refractivity contribution in [2.75, 3.05) is 13.7 Å². The monoisotopic (exact) mass is 211 g/mol. The Morgan fingerprint density at radius 3 is 2.80 bits per heavy atom. The maximum Gasteiger partial charge on any atom is 0.333 e. The van der Waals surface area contributed by atoms with Crippen molar-refractivity contribution in [1.29, 1.82) is 0 Å². The van der Waals surface area contributed by atoms with Gasteiger partial charge >= 0.3 is 5.97 Å². The highest BCUT2D eigenvalue weighted by Gasteiger charge is 2.19. The average Bonchev–Trinajstić information content (AvgIpc) is 2.63. The molecular formula is C12H21NO2. The molecule has 1 N–H and O–H groups in total.